The van der Waals surface area contributed by atoms with Crippen LogP contribution in [0, 0.1) is 6.92 Å². The van der Waals surface area contributed by atoms with E-state index in [2.05, 4.69) is 24.9 Å². The van der Waals surface area contributed by atoms with Crippen LogP contribution in [0.25, 0.3) is 21.8 Å². The molecule has 0 aliphatic heterocycles. The monoisotopic (exact) mass is 328 g/mol. The van der Waals surface area contributed by atoms with Gasteiger partial charge in [-0.3, -0.25) is 4.98 Å². The largest absolute Gasteiger partial charge is 0.261 e. The van der Waals surface area contributed by atoms with Gasteiger partial charge in [0.05, 0.1) is 5.69 Å². The molecule has 2 nitrogen and oxygen atoms in total. The lowest BCUT2D eigenvalue weighted by atomic mass is 10.1. The molecule has 0 atom stereocenters. The van der Waals surface area contributed by atoms with Gasteiger partial charge in [-0.1, -0.05) is 37.1 Å². The quantitative estimate of drug-likeness (QED) is 0.606. The predicted molar refractivity (Wildman–Crippen MR) is 94.5 cm³/mol. The average molecular weight is 329 g/mol. The molecule has 2 heterocycles. The molecule has 0 unspecified atom stereocenters. The van der Waals surface area contributed by atoms with Gasteiger partial charge >= 0.3 is 0 Å². The Morgan fingerprint density at radius 3 is 2.59 bits per heavy atom. The third-order valence-electron chi connectivity index (χ3n) is 3.48. The standard InChI is InChI=1S/C18H17ClN2S/c1-3-4-16-11-14(9-10-20-16)18-21-17(12(2)22-18)13-5-7-15(19)8-6-13/h5-11H,3-4H2,1-2H3. The highest BCUT2D eigenvalue weighted by Crippen LogP contribution is 2.33. The molecule has 0 amide bonds. The molecule has 0 aliphatic rings. The highest BCUT2D eigenvalue weighted by atomic mass is 35.5. The molecule has 1 aromatic carbocycles. The number of nitrogens with zero attached hydrogens (tertiary/aromatic N) is 2. The van der Waals surface area contributed by atoms with E-state index in [9.17, 15) is 0 Å². The van der Waals surface area contributed by atoms with E-state index < -0.39 is 0 Å². The molecule has 2 aromatic heterocycles. The SMILES string of the molecule is CCCc1cc(-c2nc(-c3ccc(Cl)cc3)c(C)s2)ccn1. The van der Waals surface area contributed by atoms with Gasteiger partial charge in [0.2, 0.25) is 0 Å². The molecular formula is C18H17ClN2S. The van der Waals surface area contributed by atoms with E-state index >= 15 is 0 Å². The zero-order valence-electron chi connectivity index (χ0n) is 12.6. The Bertz CT molecular complexity index is 778. The Kier molecular flexibility index (Phi) is 4.55. The molecule has 0 aliphatic carbocycles. The average Bonchev–Trinajstić information content (AvgIpc) is 2.91. The van der Waals surface area contributed by atoms with Gasteiger partial charge in [0.25, 0.3) is 0 Å². The number of pyridine rings is 1. The maximum atomic E-state index is 5.96. The van der Waals surface area contributed by atoms with Crippen LogP contribution in [0.1, 0.15) is 23.9 Å². The molecule has 3 aromatic rings. The molecule has 22 heavy (non-hydrogen) atoms. The lowest BCUT2D eigenvalue weighted by Gasteiger charge is -2.01. The fraction of sp³-hybridized carbons (Fsp3) is 0.222. The summed E-state index contributed by atoms with van der Waals surface area (Å²) in [4.78, 5) is 10.5. The summed E-state index contributed by atoms with van der Waals surface area (Å²) in [6.07, 6.45) is 3.98. The highest BCUT2D eigenvalue weighted by Gasteiger charge is 2.12. The van der Waals surface area contributed by atoms with Crippen molar-refractivity contribution < 1.29 is 0 Å². The molecule has 0 bridgehead atoms. The second-order valence-corrected chi connectivity index (χ2v) is 6.86. The van der Waals surface area contributed by atoms with Crippen LogP contribution in [0.5, 0.6) is 0 Å². The lowest BCUT2D eigenvalue weighted by Crippen LogP contribution is -1.89. The summed E-state index contributed by atoms with van der Waals surface area (Å²) in [5.74, 6) is 0. The van der Waals surface area contributed by atoms with Crippen molar-refractivity contribution in [1.82, 2.24) is 9.97 Å². The Balaban J connectivity index is 1.98. The molecule has 0 spiro atoms. The van der Waals surface area contributed by atoms with Crippen molar-refractivity contribution in [3.8, 4) is 21.8 Å². The molecule has 4 heteroatoms. The molecule has 112 valence electrons. The van der Waals surface area contributed by atoms with Crippen LogP contribution in [0.2, 0.25) is 5.02 Å². The molecule has 0 radical (unpaired) electrons. The molecule has 0 fully saturated rings. The number of hydrogen-bond donors (Lipinski definition) is 0. The van der Waals surface area contributed by atoms with Gasteiger partial charge in [0.1, 0.15) is 5.01 Å². The van der Waals surface area contributed by atoms with E-state index in [4.69, 9.17) is 16.6 Å². The molecule has 0 saturated carbocycles. The Morgan fingerprint density at radius 1 is 1.09 bits per heavy atom. The highest BCUT2D eigenvalue weighted by molar-refractivity contribution is 7.15. The first-order valence-electron chi connectivity index (χ1n) is 7.36. The summed E-state index contributed by atoms with van der Waals surface area (Å²) in [5.41, 5.74) is 4.41. The van der Waals surface area contributed by atoms with E-state index in [0.29, 0.717) is 0 Å². The molecule has 0 N–H and O–H groups in total. The molecule has 3 rings (SSSR count). The van der Waals surface area contributed by atoms with Gasteiger partial charge in [-0.15, -0.1) is 11.3 Å². The van der Waals surface area contributed by atoms with Crippen molar-refractivity contribution in [3.63, 3.8) is 0 Å². The lowest BCUT2D eigenvalue weighted by molar-refractivity contribution is 0.883. The first-order valence-corrected chi connectivity index (χ1v) is 8.55. The smallest absolute Gasteiger partial charge is 0.124 e. The third kappa shape index (κ3) is 3.21. The van der Waals surface area contributed by atoms with Gasteiger partial charge in [-0.05, 0) is 37.6 Å². The van der Waals surface area contributed by atoms with Crippen molar-refractivity contribution in [2.75, 3.05) is 0 Å². The first kappa shape index (κ1) is 15.2. The summed E-state index contributed by atoms with van der Waals surface area (Å²) >= 11 is 7.68. The number of aryl methyl sites for hydroxylation is 2. The number of hydrogen-bond acceptors (Lipinski definition) is 3. The van der Waals surface area contributed by atoms with Gasteiger partial charge in [-0.25, -0.2) is 4.98 Å². The molecule has 0 saturated heterocycles. The van der Waals surface area contributed by atoms with E-state index in [-0.39, 0.29) is 0 Å². The second-order valence-electron chi connectivity index (χ2n) is 5.22. The van der Waals surface area contributed by atoms with Gasteiger partial charge in [0.15, 0.2) is 0 Å². The van der Waals surface area contributed by atoms with E-state index in [0.717, 1.165) is 45.4 Å². The van der Waals surface area contributed by atoms with Gasteiger partial charge in [-0.2, -0.15) is 0 Å². The number of benzene rings is 1. The van der Waals surface area contributed by atoms with E-state index in [1.54, 1.807) is 11.3 Å². The summed E-state index contributed by atoms with van der Waals surface area (Å²) in [6, 6.07) is 12.0. The zero-order valence-corrected chi connectivity index (χ0v) is 14.2. The number of aromatic nitrogens is 2. The van der Waals surface area contributed by atoms with Crippen molar-refractivity contribution >= 4 is 22.9 Å². The fourth-order valence-electron chi connectivity index (χ4n) is 2.40. The van der Waals surface area contributed by atoms with Crippen LogP contribution < -0.4 is 0 Å². The number of rotatable bonds is 4. The summed E-state index contributed by atoms with van der Waals surface area (Å²) in [7, 11) is 0. The van der Waals surface area contributed by atoms with E-state index in [1.165, 1.54) is 4.88 Å². The molecular weight excluding hydrogens is 312 g/mol. The number of halogens is 1. The van der Waals surface area contributed by atoms with Crippen LogP contribution in [0.15, 0.2) is 42.6 Å². The topological polar surface area (TPSA) is 25.8 Å². The number of thiazole rings is 1. The Morgan fingerprint density at radius 2 is 1.86 bits per heavy atom. The third-order valence-corrected chi connectivity index (χ3v) is 4.76. The van der Waals surface area contributed by atoms with Gasteiger partial charge in [0, 0.05) is 32.9 Å². The predicted octanol–water partition coefficient (Wildman–Crippen LogP) is 5.79. The maximum Gasteiger partial charge on any atom is 0.124 e. The minimum absolute atomic E-state index is 0.746. The van der Waals surface area contributed by atoms with Crippen LogP contribution in [-0.4, -0.2) is 9.97 Å². The Hall–Kier alpha value is -1.71. The first-order chi connectivity index (χ1) is 10.7. The van der Waals surface area contributed by atoms with Crippen LogP contribution in [-0.2, 0) is 6.42 Å². The van der Waals surface area contributed by atoms with Crippen molar-refractivity contribution in [2.24, 2.45) is 0 Å². The maximum absolute atomic E-state index is 5.96. The minimum atomic E-state index is 0.746. The van der Waals surface area contributed by atoms with Gasteiger partial charge < -0.3 is 0 Å². The summed E-state index contributed by atoms with van der Waals surface area (Å²) in [6.45, 7) is 4.28. The van der Waals surface area contributed by atoms with Crippen molar-refractivity contribution in [2.45, 2.75) is 26.7 Å². The van der Waals surface area contributed by atoms with Crippen molar-refractivity contribution in [3.05, 3.63) is 58.2 Å². The van der Waals surface area contributed by atoms with Crippen LogP contribution in [0.4, 0.5) is 0 Å². The van der Waals surface area contributed by atoms with Crippen molar-refractivity contribution in [1.29, 1.82) is 0 Å². The summed E-state index contributed by atoms with van der Waals surface area (Å²) in [5, 5.41) is 1.79. The van der Waals surface area contributed by atoms with E-state index in [1.807, 2.05) is 36.5 Å². The second kappa shape index (κ2) is 6.59. The fourth-order valence-corrected chi connectivity index (χ4v) is 3.46. The van der Waals surface area contributed by atoms with Crippen LogP contribution >= 0.6 is 22.9 Å². The Labute approximate surface area is 139 Å². The van der Waals surface area contributed by atoms with Crippen LogP contribution in [0.3, 0.4) is 0 Å². The zero-order chi connectivity index (χ0) is 15.5. The summed E-state index contributed by atoms with van der Waals surface area (Å²) < 4.78 is 0. The minimum Gasteiger partial charge on any atom is -0.261 e. The normalized spacial score (nSPS) is 10.9.